The number of pyridine rings is 1. The van der Waals surface area contributed by atoms with Gasteiger partial charge in [0.05, 0.1) is 12.8 Å². The van der Waals surface area contributed by atoms with E-state index >= 15 is 0 Å². The highest BCUT2D eigenvalue weighted by molar-refractivity contribution is 6.31. The first-order chi connectivity index (χ1) is 11.5. The molecule has 6 nitrogen and oxygen atoms in total. The number of methoxy groups -OCH3 is 1. The molecule has 24 heavy (non-hydrogen) atoms. The molecular formula is C17H12ClN2O4-. The number of hydrogen-bond acceptors (Lipinski definition) is 5. The predicted molar refractivity (Wildman–Crippen MR) is 86.2 cm³/mol. The number of nitrogens with zero attached hydrogens (tertiary/aromatic N) is 1. The Morgan fingerprint density at radius 3 is 2.79 bits per heavy atom. The number of carboxylic acids is 1. The zero-order valence-electron chi connectivity index (χ0n) is 12.6. The van der Waals surface area contributed by atoms with E-state index in [4.69, 9.17) is 16.3 Å². The number of H-pyrrole nitrogens is 1. The lowest BCUT2D eigenvalue weighted by Crippen LogP contribution is -2.25. The molecule has 3 rings (SSSR count). The van der Waals surface area contributed by atoms with Gasteiger partial charge in [-0.3, -0.25) is 9.78 Å². The van der Waals surface area contributed by atoms with Gasteiger partial charge in [0.25, 0.3) is 0 Å². The van der Waals surface area contributed by atoms with Crippen LogP contribution >= 0.6 is 11.6 Å². The number of aromatic amines is 1. The second-order valence-corrected chi connectivity index (χ2v) is 5.56. The second kappa shape index (κ2) is 6.33. The molecule has 0 unspecified atom stereocenters. The monoisotopic (exact) mass is 343 g/mol. The molecule has 0 radical (unpaired) electrons. The van der Waals surface area contributed by atoms with E-state index in [1.165, 1.54) is 19.4 Å². The van der Waals surface area contributed by atoms with E-state index in [9.17, 15) is 14.7 Å². The highest BCUT2D eigenvalue weighted by atomic mass is 35.5. The maximum Gasteiger partial charge on any atom is 0.227 e. The highest BCUT2D eigenvalue weighted by Crippen LogP contribution is 2.27. The third-order valence-electron chi connectivity index (χ3n) is 3.62. The standard InChI is InChI=1S/C17H13ClN2O4/c1-24-10-4-5-19-14(7-10)17(23)16-12(8-15(21)22)11-3-2-9(18)6-13(11)20-16/h2-7,20H,8H2,1H3,(H,21,22)/p-1. The molecule has 0 amide bonds. The maximum absolute atomic E-state index is 12.8. The zero-order chi connectivity index (χ0) is 17.3. The van der Waals surface area contributed by atoms with Gasteiger partial charge in [0.1, 0.15) is 11.4 Å². The number of aromatic nitrogens is 2. The van der Waals surface area contributed by atoms with Crippen molar-refractivity contribution in [1.29, 1.82) is 0 Å². The van der Waals surface area contributed by atoms with Crippen LogP contribution in [0.3, 0.4) is 0 Å². The number of carbonyl (C=O) groups is 2. The van der Waals surface area contributed by atoms with Gasteiger partial charge in [-0.05, 0) is 23.8 Å². The van der Waals surface area contributed by atoms with Crippen LogP contribution in [0.4, 0.5) is 0 Å². The molecule has 0 atom stereocenters. The molecular weight excluding hydrogens is 332 g/mol. The summed E-state index contributed by atoms with van der Waals surface area (Å²) in [5.41, 5.74) is 1.21. The van der Waals surface area contributed by atoms with Gasteiger partial charge in [-0.1, -0.05) is 17.7 Å². The summed E-state index contributed by atoms with van der Waals surface area (Å²) in [4.78, 5) is 30.8. The van der Waals surface area contributed by atoms with E-state index in [1.54, 1.807) is 24.3 Å². The number of ketones is 1. The number of aliphatic carboxylic acids is 1. The predicted octanol–water partition coefficient (Wildman–Crippen LogP) is 1.75. The van der Waals surface area contributed by atoms with Crippen LogP contribution in [0.5, 0.6) is 5.75 Å². The molecule has 0 spiro atoms. The average Bonchev–Trinajstić information content (AvgIpc) is 2.91. The van der Waals surface area contributed by atoms with Crippen LogP contribution in [-0.2, 0) is 11.2 Å². The van der Waals surface area contributed by atoms with Crippen LogP contribution in [0.15, 0.2) is 36.5 Å². The summed E-state index contributed by atoms with van der Waals surface area (Å²) in [5, 5.41) is 12.2. The Bertz CT molecular complexity index is 949. The van der Waals surface area contributed by atoms with Crippen molar-refractivity contribution in [3.8, 4) is 5.75 Å². The molecule has 3 aromatic rings. The number of benzene rings is 1. The number of carbonyl (C=O) groups excluding carboxylic acids is 2. The SMILES string of the molecule is COc1ccnc(C(=O)c2[nH]c3cc(Cl)ccc3c2CC(=O)[O-])c1. The zero-order valence-corrected chi connectivity index (χ0v) is 13.4. The summed E-state index contributed by atoms with van der Waals surface area (Å²) in [7, 11) is 1.48. The van der Waals surface area contributed by atoms with Gasteiger partial charge in [0.2, 0.25) is 5.78 Å². The molecule has 7 heteroatoms. The topological polar surface area (TPSA) is 95.1 Å². The lowest BCUT2D eigenvalue weighted by molar-refractivity contribution is -0.304. The van der Waals surface area contributed by atoms with Crippen LogP contribution in [-0.4, -0.2) is 28.8 Å². The molecule has 0 aliphatic rings. The van der Waals surface area contributed by atoms with Crippen molar-refractivity contribution in [2.45, 2.75) is 6.42 Å². The van der Waals surface area contributed by atoms with Crippen molar-refractivity contribution in [3.63, 3.8) is 0 Å². The third kappa shape index (κ3) is 2.96. The molecule has 2 heterocycles. The lowest BCUT2D eigenvalue weighted by Gasteiger charge is -2.06. The van der Waals surface area contributed by atoms with Crippen molar-refractivity contribution < 1.29 is 19.4 Å². The van der Waals surface area contributed by atoms with Crippen LogP contribution in [0, 0.1) is 0 Å². The van der Waals surface area contributed by atoms with E-state index in [2.05, 4.69) is 9.97 Å². The highest BCUT2D eigenvalue weighted by Gasteiger charge is 2.20. The number of hydrogen-bond donors (Lipinski definition) is 1. The second-order valence-electron chi connectivity index (χ2n) is 5.13. The smallest absolute Gasteiger partial charge is 0.227 e. The van der Waals surface area contributed by atoms with Crippen molar-refractivity contribution in [2.24, 2.45) is 0 Å². The van der Waals surface area contributed by atoms with Gasteiger partial charge >= 0.3 is 0 Å². The van der Waals surface area contributed by atoms with E-state index in [-0.39, 0.29) is 11.4 Å². The molecule has 0 aliphatic carbocycles. The van der Waals surface area contributed by atoms with E-state index in [0.29, 0.717) is 27.2 Å². The first-order valence-electron chi connectivity index (χ1n) is 7.04. The Kier molecular flexibility index (Phi) is 4.22. The molecule has 0 saturated carbocycles. The molecule has 122 valence electrons. The Morgan fingerprint density at radius 2 is 2.08 bits per heavy atom. The van der Waals surface area contributed by atoms with Gasteiger partial charge in [-0.2, -0.15) is 0 Å². The molecule has 0 saturated heterocycles. The van der Waals surface area contributed by atoms with E-state index in [1.807, 2.05) is 0 Å². The van der Waals surface area contributed by atoms with E-state index < -0.39 is 18.2 Å². The molecule has 1 aromatic carbocycles. The van der Waals surface area contributed by atoms with Crippen molar-refractivity contribution in [2.75, 3.05) is 7.11 Å². The summed E-state index contributed by atoms with van der Waals surface area (Å²) < 4.78 is 5.09. The Balaban J connectivity index is 2.16. The fourth-order valence-corrected chi connectivity index (χ4v) is 2.71. The maximum atomic E-state index is 12.8. The summed E-state index contributed by atoms with van der Waals surface area (Å²) in [5.74, 6) is -1.23. The molecule has 0 aliphatic heterocycles. The summed E-state index contributed by atoms with van der Waals surface area (Å²) in [6.45, 7) is 0. The minimum absolute atomic E-state index is 0.145. The Labute approximate surface area is 142 Å². The van der Waals surface area contributed by atoms with Crippen LogP contribution < -0.4 is 9.84 Å². The number of nitrogens with one attached hydrogen (secondary N) is 1. The number of halogens is 1. The van der Waals surface area contributed by atoms with Crippen LogP contribution in [0.1, 0.15) is 21.7 Å². The quantitative estimate of drug-likeness (QED) is 0.712. The molecule has 1 N–H and O–H groups in total. The third-order valence-corrected chi connectivity index (χ3v) is 3.85. The van der Waals surface area contributed by atoms with Crippen LogP contribution in [0.2, 0.25) is 5.02 Å². The Morgan fingerprint density at radius 1 is 1.29 bits per heavy atom. The van der Waals surface area contributed by atoms with Gasteiger partial charge < -0.3 is 19.6 Å². The van der Waals surface area contributed by atoms with Gasteiger partial charge in [-0.15, -0.1) is 0 Å². The number of carboxylic acid groups (broad SMARTS) is 1. The van der Waals surface area contributed by atoms with Gasteiger partial charge in [-0.25, -0.2) is 0 Å². The number of fused-ring (bicyclic) bond motifs is 1. The first kappa shape index (κ1) is 16.0. The first-order valence-corrected chi connectivity index (χ1v) is 7.42. The Hall–Kier alpha value is -2.86. The van der Waals surface area contributed by atoms with E-state index in [0.717, 1.165) is 0 Å². The fourth-order valence-electron chi connectivity index (χ4n) is 2.54. The minimum Gasteiger partial charge on any atom is -0.550 e. The molecule has 2 aromatic heterocycles. The molecule has 0 bridgehead atoms. The van der Waals surface area contributed by atoms with Crippen LogP contribution in [0.25, 0.3) is 10.9 Å². The van der Waals surface area contributed by atoms with Crippen molar-refractivity contribution >= 4 is 34.3 Å². The van der Waals surface area contributed by atoms with Gasteiger partial charge in [0.15, 0.2) is 0 Å². The minimum atomic E-state index is -1.28. The van der Waals surface area contributed by atoms with Crippen molar-refractivity contribution in [1.82, 2.24) is 9.97 Å². The largest absolute Gasteiger partial charge is 0.550 e. The number of rotatable bonds is 5. The summed E-state index contributed by atoms with van der Waals surface area (Å²) in [6, 6.07) is 8.04. The van der Waals surface area contributed by atoms with Crippen molar-refractivity contribution in [3.05, 3.63) is 58.5 Å². The number of ether oxygens (including phenoxy) is 1. The summed E-state index contributed by atoms with van der Waals surface area (Å²) in [6.07, 6.45) is 1.05. The molecule has 0 fully saturated rings. The lowest BCUT2D eigenvalue weighted by atomic mass is 10.0. The fraction of sp³-hybridized carbons (Fsp3) is 0.118. The van der Waals surface area contributed by atoms with Gasteiger partial charge in [0, 0.05) is 40.6 Å². The average molecular weight is 344 g/mol. The normalized spacial score (nSPS) is 10.8. The summed E-state index contributed by atoms with van der Waals surface area (Å²) >= 11 is 5.96.